The Kier molecular flexibility index (Phi) is 4.29. The quantitative estimate of drug-likeness (QED) is 0.917. The van der Waals surface area contributed by atoms with Gasteiger partial charge in [-0.3, -0.25) is 4.98 Å². The lowest BCUT2D eigenvalue weighted by Crippen LogP contribution is -2.26. The van der Waals surface area contributed by atoms with Crippen LogP contribution >= 0.6 is 15.9 Å². The van der Waals surface area contributed by atoms with Crippen LogP contribution in [0.1, 0.15) is 26.5 Å². The summed E-state index contributed by atoms with van der Waals surface area (Å²) in [6, 6.07) is 3.98. The van der Waals surface area contributed by atoms with E-state index in [0.29, 0.717) is 0 Å². The molecule has 0 aromatic carbocycles. The molecule has 0 fully saturated rings. The van der Waals surface area contributed by atoms with Gasteiger partial charge in [0.1, 0.15) is 0 Å². The molecular formula is C12H18BrNO. The summed E-state index contributed by atoms with van der Waals surface area (Å²) in [7, 11) is 0. The predicted molar refractivity (Wildman–Crippen MR) is 65.7 cm³/mol. The number of aliphatic hydroxyl groups is 1. The minimum Gasteiger partial charge on any atom is -0.396 e. The standard InChI is InChI=1S/C12H18BrNO/c1-12(2,3)9(8-15)6-11-5-4-10(13)7-14-11/h4-5,7,9,15H,6,8H2,1-3H3. The lowest BCUT2D eigenvalue weighted by Gasteiger charge is -2.28. The number of aromatic nitrogens is 1. The molecule has 2 nitrogen and oxygen atoms in total. The van der Waals surface area contributed by atoms with Crippen molar-refractivity contribution in [3.8, 4) is 0 Å². The molecule has 1 heterocycles. The van der Waals surface area contributed by atoms with Crippen LogP contribution in [0.2, 0.25) is 0 Å². The summed E-state index contributed by atoms with van der Waals surface area (Å²) in [6.45, 7) is 6.65. The molecule has 15 heavy (non-hydrogen) atoms. The van der Waals surface area contributed by atoms with E-state index < -0.39 is 0 Å². The predicted octanol–water partition coefficient (Wildman–Crippen LogP) is 3.04. The Morgan fingerprint density at radius 3 is 2.47 bits per heavy atom. The van der Waals surface area contributed by atoms with Gasteiger partial charge in [0.05, 0.1) is 0 Å². The first-order valence-electron chi connectivity index (χ1n) is 5.15. The molecule has 0 saturated carbocycles. The molecule has 1 aromatic heterocycles. The monoisotopic (exact) mass is 271 g/mol. The van der Waals surface area contributed by atoms with Crippen molar-refractivity contribution in [3.05, 3.63) is 28.5 Å². The van der Waals surface area contributed by atoms with Crippen LogP contribution in [-0.2, 0) is 6.42 Å². The topological polar surface area (TPSA) is 33.1 Å². The van der Waals surface area contributed by atoms with Crippen LogP contribution in [-0.4, -0.2) is 16.7 Å². The van der Waals surface area contributed by atoms with E-state index in [-0.39, 0.29) is 17.9 Å². The van der Waals surface area contributed by atoms with Crippen LogP contribution in [0.3, 0.4) is 0 Å². The SMILES string of the molecule is CC(C)(C)C(CO)Cc1ccc(Br)cn1. The number of rotatable bonds is 3. The second-order valence-corrected chi connectivity index (χ2v) is 5.83. The van der Waals surface area contributed by atoms with Crippen LogP contribution in [0.25, 0.3) is 0 Å². The first kappa shape index (κ1) is 12.7. The molecule has 1 aromatic rings. The van der Waals surface area contributed by atoms with E-state index in [0.717, 1.165) is 16.6 Å². The first-order valence-corrected chi connectivity index (χ1v) is 5.94. The fourth-order valence-corrected chi connectivity index (χ4v) is 1.66. The van der Waals surface area contributed by atoms with Crippen LogP contribution in [0.5, 0.6) is 0 Å². The van der Waals surface area contributed by atoms with Crippen LogP contribution in [0, 0.1) is 11.3 Å². The molecule has 1 rings (SSSR count). The van der Waals surface area contributed by atoms with Gasteiger partial charge in [0, 0.05) is 23.0 Å². The summed E-state index contributed by atoms with van der Waals surface area (Å²) < 4.78 is 0.988. The van der Waals surface area contributed by atoms with Gasteiger partial charge in [-0.05, 0) is 45.8 Å². The summed E-state index contributed by atoms with van der Waals surface area (Å²) >= 11 is 3.36. The van der Waals surface area contributed by atoms with Crippen molar-refractivity contribution in [2.45, 2.75) is 27.2 Å². The van der Waals surface area contributed by atoms with E-state index in [2.05, 4.69) is 41.7 Å². The average Bonchev–Trinajstić information content (AvgIpc) is 2.15. The molecule has 1 atom stereocenters. The Morgan fingerprint density at radius 1 is 1.40 bits per heavy atom. The molecule has 1 N–H and O–H groups in total. The largest absolute Gasteiger partial charge is 0.396 e. The number of pyridine rings is 1. The summed E-state index contributed by atoms with van der Waals surface area (Å²) in [4.78, 5) is 4.32. The Bertz CT molecular complexity index is 302. The number of aliphatic hydroxyl groups excluding tert-OH is 1. The highest BCUT2D eigenvalue weighted by atomic mass is 79.9. The third-order valence-electron chi connectivity index (χ3n) is 2.69. The molecule has 3 heteroatoms. The third-order valence-corrected chi connectivity index (χ3v) is 3.16. The van der Waals surface area contributed by atoms with Gasteiger partial charge in [0.15, 0.2) is 0 Å². The number of hydrogen-bond acceptors (Lipinski definition) is 2. The van der Waals surface area contributed by atoms with E-state index in [1.807, 2.05) is 12.1 Å². The molecule has 0 aliphatic carbocycles. The normalized spacial score (nSPS) is 13.9. The highest BCUT2D eigenvalue weighted by molar-refractivity contribution is 9.10. The number of halogens is 1. The lowest BCUT2D eigenvalue weighted by atomic mass is 9.78. The molecule has 0 aliphatic heterocycles. The van der Waals surface area contributed by atoms with E-state index in [9.17, 15) is 5.11 Å². The second-order valence-electron chi connectivity index (χ2n) is 4.92. The third kappa shape index (κ3) is 3.92. The molecule has 0 bridgehead atoms. The van der Waals surface area contributed by atoms with Crippen LogP contribution in [0.15, 0.2) is 22.8 Å². The first-order chi connectivity index (χ1) is 6.93. The van der Waals surface area contributed by atoms with Gasteiger partial charge in [0.2, 0.25) is 0 Å². The zero-order valence-corrected chi connectivity index (χ0v) is 11.1. The summed E-state index contributed by atoms with van der Waals surface area (Å²) in [5.41, 5.74) is 1.15. The minimum atomic E-state index is 0.115. The smallest absolute Gasteiger partial charge is 0.0468 e. The zero-order chi connectivity index (χ0) is 11.5. The van der Waals surface area contributed by atoms with Crippen LogP contribution < -0.4 is 0 Å². The maximum atomic E-state index is 9.34. The molecule has 0 saturated heterocycles. The van der Waals surface area contributed by atoms with Gasteiger partial charge in [0.25, 0.3) is 0 Å². The second kappa shape index (κ2) is 5.08. The summed E-state index contributed by atoms with van der Waals surface area (Å²) in [5.74, 6) is 0.256. The van der Waals surface area contributed by atoms with Crippen molar-refractivity contribution < 1.29 is 5.11 Å². The van der Waals surface area contributed by atoms with Gasteiger partial charge in [-0.1, -0.05) is 20.8 Å². The Balaban J connectivity index is 2.71. The van der Waals surface area contributed by atoms with Gasteiger partial charge in [-0.15, -0.1) is 0 Å². The fraction of sp³-hybridized carbons (Fsp3) is 0.583. The Morgan fingerprint density at radius 2 is 2.07 bits per heavy atom. The van der Waals surface area contributed by atoms with Gasteiger partial charge < -0.3 is 5.11 Å². The van der Waals surface area contributed by atoms with E-state index >= 15 is 0 Å². The van der Waals surface area contributed by atoms with Crippen LogP contribution in [0.4, 0.5) is 0 Å². The summed E-state index contributed by atoms with van der Waals surface area (Å²) in [6.07, 6.45) is 2.62. The Hall–Kier alpha value is -0.410. The lowest BCUT2D eigenvalue weighted by molar-refractivity contribution is 0.130. The van der Waals surface area contributed by atoms with Crippen molar-refractivity contribution in [1.82, 2.24) is 4.98 Å². The van der Waals surface area contributed by atoms with Gasteiger partial charge >= 0.3 is 0 Å². The molecular weight excluding hydrogens is 254 g/mol. The van der Waals surface area contributed by atoms with Crippen molar-refractivity contribution in [1.29, 1.82) is 0 Å². The fourth-order valence-electron chi connectivity index (χ4n) is 1.42. The van der Waals surface area contributed by atoms with E-state index in [1.54, 1.807) is 6.20 Å². The van der Waals surface area contributed by atoms with Crippen molar-refractivity contribution in [2.75, 3.05) is 6.61 Å². The summed E-state index contributed by atoms with van der Waals surface area (Å²) in [5, 5.41) is 9.34. The van der Waals surface area contributed by atoms with Crippen molar-refractivity contribution in [2.24, 2.45) is 11.3 Å². The maximum absolute atomic E-state index is 9.34. The molecule has 0 spiro atoms. The van der Waals surface area contributed by atoms with Crippen molar-refractivity contribution >= 4 is 15.9 Å². The highest BCUT2D eigenvalue weighted by Gasteiger charge is 2.24. The average molecular weight is 272 g/mol. The van der Waals surface area contributed by atoms with Gasteiger partial charge in [-0.2, -0.15) is 0 Å². The van der Waals surface area contributed by atoms with Crippen molar-refractivity contribution in [3.63, 3.8) is 0 Å². The number of hydrogen-bond donors (Lipinski definition) is 1. The molecule has 0 amide bonds. The maximum Gasteiger partial charge on any atom is 0.0468 e. The molecule has 84 valence electrons. The molecule has 0 aliphatic rings. The molecule has 0 radical (unpaired) electrons. The van der Waals surface area contributed by atoms with Gasteiger partial charge in [-0.25, -0.2) is 0 Å². The Labute approximate surface area is 99.9 Å². The van der Waals surface area contributed by atoms with E-state index in [4.69, 9.17) is 0 Å². The number of nitrogens with zero attached hydrogens (tertiary/aromatic N) is 1. The van der Waals surface area contributed by atoms with E-state index in [1.165, 1.54) is 0 Å². The molecule has 1 unspecified atom stereocenters. The highest BCUT2D eigenvalue weighted by Crippen LogP contribution is 2.28. The minimum absolute atomic E-state index is 0.115. The zero-order valence-electron chi connectivity index (χ0n) is 9.50.